The lowest BCUT2D eigenvalue weighted by molar-refractivity contribution is 0.409. The van der Waals surface area contributed by atoms with Gasteiger partial charge in [-0.25, -0.2) is 0 Å². The minimum atomic E-state index is 0.675. The number of benzene rings is 1. The molecule has 0 heterocycles. The zero-order valence-electron chi connectivity index (χ0n) is 7.31. The number of ether oxygens (including phenoxy) is 1. The number of methoxy groups -OCH3 is 1. The van der Waals surface area contributed by atoms with Crippen molar-refractivity contribution in [2.45, 2.75) is 6.42 Å². The average molecular weight is 356 g/mol. The molecule has 0 aliphatic rings. The first-order chi connectivity index (χ1) is 6.19. The minimum absolute atomic E-state index is 0.675. The maximum Gasteiger partial charge on any atom is 0.146 e. The Hall–Kier alpha value is 0.190. The van der Waals surface area contributed by atoms with E-state index in [-0.39, 0.29) is 0 Å². The van der Waals surface area contributed by atoms with Crippen molar-refractivity contribution in [3.63, 3.8) is 0 Å². The number of rotatable bonds is 3. The Kier molecular flexibility index (Phi) is 4.48. The summed E-state index contributed by atoms with van der Waals surface area (Å²) in [5.41, 5.74) is 6.72. The molecular weight excluding hydrogens is 345 g/mol. The summed E-state index contributed by atoms with van der Waals surface area (Å²) in [7, 11) is 1.67. The second-order valence-corrected chi connectivity index (χ2v) is 4.65. The molecule has 0 atom stereocenters. The number of hydrogen-bond donors (Lipinski definition) is 1. The van der Waals surface area contributed by atoms with Gasteiger partial charge in [0.05, 0.1) is 15.2 Å². The first-order valence-corrected chi connectivity index (χ1v) is 5.78. The van der Waals surface area contributed by atoms with E-state index in [1.165, 1.54) is 5.56 Å². The zero-order chi connectivity index (χ0) is 9.84. The molecule has 0 aliphatic carbocycles. The third-order valence-corrected chi connectivity index (χ3v) is 3.09. The molecule has 1 aromatic carbocycles. The van der Waals surface area contributed by atoms with Crippen LogP contribution in [0.4, 0.5) is 0 Å². The van der Waals surface area contributed by atoms with Crippen molar-refractivity contribution in [2.24, 2.45) is 5.73 Å². The Morgan fingerprint density at radius 2 is 2.23 bits per heavy atom. The van der Waals surface area contributed by atoms with Crippen LogP contribution in [0.2, 0.25) is 0 Å². The highest BCUT2D eigenvalue weighted by molar-refractivity contribution is 14.1. The van der Waals surface area contributed by atoms with Gasteiger partial charge < -0.3 is 10.5 Å². The summed E-state index contributed by atoms with van der Waals surface area (Å²) < 4.78 is 7.32. The van der Waals surface area contributed by atoms with E-state index < -0.39 is 0 Å². The predicted molar refractivity (Wildman–Crippen MR) is 66.2 cm³/mol. The summed E-state index contributed by atoms with van der Waals surface area (Å²) in [6.07, 6.45) is 0.901. The molecule has 0 radical (unpaired) electrons. The van der Waals surface area contributed by atoms with Crippen molar-refractivity contribution in [2.75, 3.05) is 13.7 Å². The molecule has 0 bridgehead atoms. The van der Waals surface area contributed by atoms with E-state index in [0.717, 1.165) is 20.2 Å². The molecule has 0 spiro atoms. The summed E-state index contributed by atoms with van der Waals surface area (Å²) >= 11 is 5.71. The fourth-order valence-electron chi connectivity index (χ4n) is 1.12. The van der Waals surface area contributed by atoms with Gasteiger partial charge in [-0.3, -0.25) is 0 Å². The van der Waals surface area contributed by atoms with E-state index in [1.807, 2.05) is 6.07 Å². The highest BCUT2D eigenvalue weighted by Gasteiger charge is 2.06. The van der Waals surface area contributed by atoms with Gasteiger partial charge in [0.2, 0.25) is 0 Å². The molecule has 0 saturated carbocycles. The molecule has 72 valence electrons. The highest BCUT2D eigenvalue weighted by atomic mass is 127. The monoisotopic (exact) mass is 355 g/mol. The minimum Gasteiger partial charge on any atom is -0.494 e. The van der Waals surface area contributed by atoms with Crippen LogP contribution in [0.1, 0.15) is 5.56 Å². The molecule has 13 heavy (non-hydrogen) atoms. The number of halogens is 2. The van der Waals surface area contributed by atoms with E-state index in [4.69, 9.17) is 10.5 Å². The lowest BCUT2D eigenvalue weighted by atomic mass is 10.1. The molecule has 1 aromatic rings. The molecule has 0 fully saturated rings. The van der Waals surface area contributed by atoms with Gasteiger partial charge in [-0.2, -0.15) is 0 Å². The summed E-state index contributed by atoms with van der Waals surface area (Å²) in [6.45, 7) is 0.675. The Labute approximate surface area is 100 Å². The van der Waals surface area contributed by atoms with Gasteiger partial charge in [0.25, 0.3) is 0 Å². The summed E-state index contributed by atoms with van der Waals surface area (Å²) in [5.74, 6) is 0.890. The van der Waals surface area contributed by atoms with Crippen LogP contribution in [0.25, 0.3) is 0 Å². The van der Waals surface area contributed by atoms with Gasteiger partial charge in [0.15, 0.2) is 0 Å². The first-order valence-electron chi connectivity index (χ1n) is 3.91. The summed E-state index contributed by atoms with van der Waals surface area (Å²) in [4.78, 5) is 0. The Balaban J connectivity index is 3.05. The van der Waals surface area contributed by atoms with Gasteiger partial charge in [-0.05, 0) is 69.2 Å². The molecular formula is C9H11BrINO. The van der Waals surface area contributed by atoms with Crippen molar-refractivity contribution in [1.29, 1.82) is 0 Å². The predicted octanol–water partition coefficient (Wildman–Crippen LogP) is 2.56. The Morgan fingerprint density at radius 3 is 2.69 bits per heavy atom. The third kappa shape index (κ3) is 2.82. The average Bonchev–Trinajstić information content (AvgIpc) is 2.04. The second-order valence-electron chi connectivity index (χ2n) is 2.63. The normalized spacial score (nSPS) is 10.2. The molecule has 0 amide bonds. The lowest BCUT2D eigenvalue weighted by Gasteiger charge is -2.08. The summed E-state index contributed by atoms with van der Waals surface area (Å²) in [5, 5.41) is 0. The van der Waals surface area contributed by atoms with E-state index >= 15 is 0 Å². The largest absolute Gasteiger partial charge is 0.494 e. The number of hydrogen-bond acceptors (Lipinski definition) is 2. The van der Waals surface area contributed by atoms with Gasteiger partial charge in [-0.15, -0.1) is 0 Å². The fraction of sp³-hybridized carbons (Fsp3) is 0.333. The van der Waals surface area contributed by atoms with Crippen LogP contribution in [-0.2, 0) is 6.42 Å². The van der Waals surface area contributed by atoms with Gasteiger partial charge >= 0.3 is 0 Å². The zero-order valence-corrected chi connectivity index (χ0v) is 11.1. The summed E-state index contributed by atoms with van der Waals surface area (Å²) in [6, 6.07) is 4.14. The SMILES string of the molecule is COc1c(Br)cc(CCN)cc1I. The van der Waals surface area contributed by atoms with E-state index in [0.29, 0.717) is 6.54 Å². The number of nitrogens with two attached hydrogens (primary N) is 1. The van der Waals surface area contributed by atoms with Crippen LogP contribution in [0, 0.1) is 3.57 Å². The van der Waals surface area contributed by atoms with Crippen LogP contribution in [0.15, 0.2) is 16.6 Å². The standard InChI is InChI=1S/C9H11BrINO/c1-13-9-7(10)4-6(2-3-12)5-8(9)11/h4-5H,2-3,12H2,1H3. The topological polar surface area (TPSA) is 35.2 Å². The quantitative estimate of drug-likeness (QED) is 0.846. The van der Waals surface area contributed by atoms with Crippen molar-refractivity contribution < 1.29 is 4.74 Å². The molecule has 2 nitrogen and oxygen atoms in total. The van der Waals surface area contributed by atoms with Gasteiger partial charge in [-0.1, -0.05) is 0 Å². The molecule has 2 N–H and O–H groups in total. The maximum absolute atomic E-state index is 5.48. The Bertz CT molecular complexity index is 281. The Morgan fingerprint density at radius 1 is 1.54 bits per heavy atom. The smallest absolute Gasteiger partial charge is 0.146 e. The van der Waals surface area contributed by atoms with Gasteiger partial charge in [0.1, 0.15) is 5.75 Å². The van der Waals surface area contributed by atoms with Crippen molar-refractivity contribution >= 4 is 38.5 Å². The van der Waals surface area contributed by atoms with Crippen LogP contribution in [-0.4, -0.2) is 13.7 Å². The first kappa shape index (κ1) is 11.3. The lowest BCUT2D eigenvalue weighted by Crippen LogP contribution is -2.03. The molecule has 0 unspecified atom stereocenters. The van der Waals surface area contributed by atoms with E-state index in [9.17, 15) is 0 Å². The van der Waals surface area contributed by atoms with Crippen molar-refractivity contribution in [3.05, 3.63) is 25.7 Å². The van der Waals surface area contributed by atoms with Crippen LogP contribution in [0.5, 0.6) is 5.75 Å². The fourth-order valence-corrected chi connectivity index (χ4v) is 3.07. The van der Waals surface area contributed by atoms with Crippen LogP contribution in [0.3, 0.4) is 0 Å². The molecule has 1 rings (SSSR count). The van der Waals surface area contributed by atoms with Gasteiger partial charge in [0, 0.05) is 0 Å². The van der Waals surface area contributed by atoms with E-state index in [1.54, 1.807) is 7.11 Å². The third-order valence-electron chi connectivity index (χ3n) is 1.70. The second kappa shape index (κ2) is 5.17. The van der Waals surface area contributed by atoms with Crippen molar-refractivity contribution in [1.82, 2.24) is 0 Å². The molecule has 0 saturated heterocycles. The van der Waals surface area contributed by atoms with E-state index in [2.05, 4.69) is 44.6 Å². The van der Waals surface area contributed by atoms with Crippen molar-refractivity contribution in [3.8, 4) is 5.75 Å². The van der Waals surface area contributed by atoms with Crippen LogP contribution < -0.4 is 10.5 Å². The van der Waals surface area contributed by atoms with Crippen LogP contribution >= 0.6 is 38.5 Å². The molecule has 0 aromatic heterocycles. The molecule has 4 heteroatoms. The maximum atomic E-state index is 5.48. The molecule has 0 aliphatic heterocycles. The highest BCUT2D eigenvalue weighted by Crippen LogP contribution is 2.31.